The summed E-state index contributed by atoms with van der Waals surface area (Å²) in [6.45, 7) is 1.09. The van der Waals surface area contributed by atoms with Gasteiger partial charge in [-0.05, 0) is 37.1 Å². The van der Waals surface area contributed by atoms with E-state index < -0.39 is 11.0 Å². The molecule has 6 N–H and O–H groups in total. The van der Waals surface area contributed by atoms with Crippen molar-refractivity contribution in [3.63, 3.8) is 0 Å². The summed E-state index contributed by atoms with van der Waals surface area (Å²) >= 11 is 1.28. The van der Waals surface area contributed by atoms with Crippen molar-refractivity contribution in [1.82, 2.24) is 10.3 Å². The van der Waals surface area contributed by atoms with Crippen LogP contribution in [0.15, 0.2) is 58.5 Å². The summed E-state index contributed by atoms with van der Waals surface area (Å²) in [7, 11) is 1.36. The van der Waals surface area contributed by atoms with Crippen molar-refractivity contribution in [2.45, 2.75) is 47.7 Å². The Morgan fingerprint density at radius 1 is 1.21 bits per heavy atom. The molecule has 0 aliphatic heterocycles. The van der Waals surface area contributed by atoms with E-state index >= 15 is 0 Å². The molecule has 0 radical (unpaired) electrons. The Hall–Kier alpha value is -2.92. The number of unbranched alkanes of at least 4 members (excludes halogenated alkanes) is 1. The summed E-state index contributed by atoms with van der Waals surface area (Å²) in [5.74, 6) is -0.388. The summed E-state index contributed by atoms with van der Waals surface area (Å²) in [6.07, 6.45) is 3.00. The third kappa shape index (κ3) is 6.57. The van der Waals surface area contributed by atoms with E-state index in [1.165, 1.54) is 24.9 Å². The molecule has 1 heterocycles. The van der Waals surface area contributed by atoms with Gasteiger partial charge in [-0.2, -0.15) is 0 Å². The van der Waals surface area contributed by atoms with Crippen LogP contribution in [0.25, 0.3) is 10.9 Å². The number of fused-ring (bicyclic) bond motifs is 1. The van der Waals surface area contributed by atoms with Crippen LogP contribution in [-0.2, 0) is 16.0 Å². The highest BCUT2D eigenvalue weighted by molar-refractivity contribution is 7.99. The zero-order valence-electron chi connectivity index (χ0n) is 19.2. The fraction of sp³-hybridized carbons (Fsp3) is 0.375. The average Bonchev–Trinajstić information content (AvgIpc) is 3.18. The molecule has 2 atom stereocenters. The molecule has 0 spiro atoms. The number of aromatic nitrogens is 1. The predicted molar refractivity (Wildman–Crippen MR) is 134 cm³/mol. The molecule has 1 aromatic heterocycles. The monoisotopic (exact) mass is 485 g/mol. The minimum absolute atomic E-state index is 0.0307. The second-order valence-electron chi connectivity index (χ2n) is 8.04. The number of carbonyl (C=O) groups is 1. The largest absolute Gasteiger partial charge is 0.468 e. The van der Waals surface area contributed by atoms with E-state index in [4.69, 9.17) is 16.2 Å². The normalized spacial score (nSPS) is 13.0. The van der Waals surface area contributed by atoms with E-state index in [-0.39, 0.29) is 17.7 Å². The topological polar surface area (TPSA) is 149 Å². The number of aromatic amines is 1. The van der Waals surface area contributed by atoms with Gasteiger partial charge < -0.3 is 26.5 Å². The van der Waals surface area contributed by atoms with E-state index in [1.54, 1.807) is 18.2 Å². The number of carbonyl (C=O) groups excluding carboxylic acids is 1. The summed E-state index contributed by atoms with van der Waals surface area (Å²) in [5.41, 5.74) is 13.6. The third-order valence-electron chi connectivity index (χ3n) is 5.60. The Morgan fingerprint density at radius 2 is 1.94 bits per heavy atom. The minimum atomic E-state index is -0.616. The highest BCUT2D eigenvalue weighted by Crippen LogP contribution is 2.39. The number of methoxy groups -OCH3 is 1. The first kappa shape index (κ1) is 25.7. The molecule has 3 rings (SSSR count). The van der Waals surface area contributed by atoms with E-state index in [1.807, 2.05) is 24.3 Å². The number of ether oxygens (including phenoxy) is 1. The number of para-hydroxylation sites is 2. The first-order chi connectivity index (χ1) is 16.4. The molecule has 34 heavy (non-hydrogen) atoms. The highest BCUT2D eigenvalue weighted by atomic mass is 32.2. The molecule has 0 aliphatic rings. The zero-order valence-corrected chi connectivity index (χ0v) is 20.0. The van der Waals surface area contributed by atoms with Crippen LogP contribution in [0.4, 0.5) is 5.69 Å². The Labute approximate surface area is 202 Å². The number of rotatable bonds is 13. The molecule has 0 saturated carbocycles. The second kappa shape index (κ2) is 12.5. The lowest BCUT2D eigenvalue weighted by molar-refractivity contribution is -0.387. The first-order valence-electron chi connectivity index (χ1n) is 11.2. The van der Waals surface area contributed by atoms with Gasteiger partial charge in [0.05, 0.1) is 22.0 Å². The number of hydrogen-bond donors (Lipinski definition) is 4. The maximum absolute atomic E-state index is 12.6. The molecular formula is C24H31N5O4S. The van der Waals surface area contributed by atoms with Crippen LogP contribution in [-0.4, -0.2) is 48.2 Å². The quantitative estimate of drug-likeness (QED) is 0.125. The van der Waals surface area contributed by atoms with Gasteiger partial charge in [0.15, 0.2) is 0 Å². The first-order valence-corrected chi connectivity index (χ1v) is 12.0. The molecule has 0 aliphatic carbocycles. The smallest absolute Gasteiger partial charge is 0.323 e. The van der Waals surface area contributed by atoms with Crippen LogP contribution in [0.3, 0.4) is 0 Å². The van der Waals surface area contributed by atoms with Crippen LogP contribution < -0.4 is 16.8 Å². The third-order valence-corrected chi connectivity index (χ3v) is 6.72. The van der Waals surface area contributed by atoms with Crippen molar-refractivity contribution in [3.05, 3.63) is 64.2 Å². The van der Waals surface area contributed by atoms with Crippen molar-refractivity contribution < 1.29 is 14.5 Å². The van der Waals surface area contributed by atoms with E-state index in [0.29, 0.717) is 24.4 Å². The summed E-state index contributed by atoms with van der Waals surface area (Å²) in [6, 6.07) is 13.6. The van der Waals surface area contributed by atoms with E-state index in [0.717, 1.165) is 40.8 Å². The van der Waals surface area contributed by atoms with E-state index in [2.05, 4.69) is 10.3 Å². The number of H-pyrrole nitrogens is 1. The van der Waals surface area contributed by atoms with Crippen molar-refractivity contribution in [1.29, 1.82) is 0 Å². The summed E-state index contributed by atoms with van der Waals surface area (Å²) in [4.78, 5) is 27.6. The number of esters is 1. The molecule has 0 saturated heterocycles. The molecule has 2 unspecified atom stereocenters. The lowest BCUT2D eigenvalue weighted by atomic mass is 10.0. The minimum Gasteiger partial charge on any atom is -0.468 e. The van der Waals surface area contributed by atoms with Gasteiger partial charge in [0.2, 0.25) is 0 Å². The Balaban J connectivity index is 1.88. The Morgan fingerprint density at radius 3 is 2.68 bits per heavy atom. The fourth-order valence-corrected chi connectivity index (χ4v) is 4.89. The SMILES string of the molecule is COC(=O)C(Cc1c(Sc2ccccc2[N+](=O)[O-])[nH]c2ccccc12)NCC(N)CCCCN. The average molecular weight is 486 g/mol. The number of nitro benzene ring substituents is 1. The lowest BCUT2D eigenvalue weighted by Crippen LogP contribution is -2.45. The van der Waals surface area contributed by atoms with Gasteiger partial charge in [-0.15, -0.1) is 0 Å². The van der Waals surface area contributed by atoms with Crippen LogP contribution in [0, 0.1) is 10.1 Å². The van der Waals surface area contributed by atoms with Crippen molar-refractivity contribution in [2.24, 2.45) is 11.5 Å². The van der Waals surface area contributed by atoms with Crippen molar-refractivity contribution in [3.8, 4) is 0 Å². The van der Waals surface area contributed by atoms with Crippen LogP contribution in [0.5, 0.6) is 0 Å². The van der Waals surface area contributed by atoms with Gasteiger partial charge in [0.1, 0.15) is 6.04 Å². The number of benzene rings is 2. The number of nitrogens with zero attached hydrogens (tertiary/aromatic N) is 1. The number of nitro groups is 1. The zero-order chi connectivity index (χ0) is 24.5. The van der Waals surface area contributed by atoms with Gasteiger partial charge in [-0.25, -0.2) is 0 Å². The molecule has 0 fully saturated rings. The number of nitrogens with one attached hydrogen (secondary N) is 2. The van der Waals surface area contributed by atoms with Crippen LogP contribution >= 0.6 is 11.8 Å². The number of nitrogens with two attached hydrogens (primary N) is 2. The van der Waals surface area contributed by atoms with Crippen molar-refractivity contribution in [2.75, 3.05) is 20.2 Å². The Kier molecular flexibility index (Phi) is 9.46. The van der Waals surface area contributed by atoms with Crippen LogP contribution in [0.1, 0.15) is 24.8 Å². The molecule has 3 aromatic rings. The second-order valence-corrected chi connectivity index (χ2v) is 9.09. The van der Waals surface area contributed by atoms with Gasteiger partial charge in [-0.3, -0.25) is 14.9 Å². The highest BCUT2D eigenvalue weighted by Gasteiger charge is 2.25. The Bertz CT molecular complexity index is 1120. The summed E-state index contributed by atoms with van der Waals surface area (Å²) < 4.78 is 5.05. The molecule has 0 amide bonds. The van der Waals surface area contributed by atoms with Gasteiger partial charge in [0.25, 0.3) is 5.69 Å². The lowest BCUT2D eigenvalue weighted by Gasteiger charge is -2.20. The molecule has 2 aromatic carbocycles. The maximum Gasteiger partial charge on any atom is 0.323 e. The summed E-state index contributed by atoms with van der Waals surface area (Å²) in [5, 5.41) is 16.5. The maximum atomic E-state index is 12.6. The molecular weight excluding hydrogens is 454 g/mol. The van der Waals surface area contributed by atoms with E-state index in [9.17, 15) is 14.9 Å². The van der Waals surface area contributed by atoms with Gasteiger partial charge >= 0.3 is 5.97 Å². The fourth-order valence-electron chi connectivity index (χ4n) is 3.80. The van der Waals surface area contributed by atoms with Gasteiger partial charge in [-0.1, -0.05) is 48.5 Å². The molecule has 10 heteroatoms. The van der Waals surface area contributed by atoms with Gasteiger partial charge in [0, 0.05) is 36.0 Å². The molecule has 182 valence electrons. The standard InChI is InChI=1S/C24H31N5O4S/c1-33-24(30)20(27-15-16(26)8-6-7-13-25)14-18-17-9-2-3-10-19(17)28-23(18)34-22-12-5-4-11-21(22)29(31)32/h2-5,9-12,16,20,27-28H,6-8,13-15,25-26H2,1H3. The molecule has 0 bridgehead atoms. The molecule has 9 nitrogen and oxygen atoms in total. The number of hydrogen-bond acceptors (Lipinski definition) is 8. The van der Waals surface area contributed by atoms with Crippen molar-refractivity contribution >= 4 is 34.3 Å². The predicted octanol–water partition coefficient (Wildman–Crippen LogP) is 3.36. The van der Waals surface area contributed by atoms with Crippen LogP contribution in [0.2, 0.25) is 0 Å².